The molecule has 2 aromatic carbocycles. The molecule has 6 nitrogen and oxygen atoms in total. The number of hydrogen-bond donors (Lipinski definition) is 2. The van der Waals surface area contributed by atoms with Gasteiger partial charge in [0.2, 0.25) is 0 Å². The van der Waals surface area contributed by atoms with Gasteiger partial charge in [0.1, 0.15) is 17.3 Å². The Morgan fingerprint density at radius 1 is 1.19 bits per heavy atom. The van der Waals surface area contributed by atoms with Crippen molar-refractivity contribution in [2.45, 2.75) is 0 Å². The lowest BCUT2D eigenvalue weighted by Gasteiger charge is -2.07. The zero-order valence-electron chi connectivity index (χ0n) is 10.5. The summed E-state index contributed by atoms with van der Waals surface area (Å²) in [5.74, 6) is -2.51. The summed E-state index contributed by atoms with van der Waals surface area (Å²) in [5, 5.41) is 12.9. The average molecular weight is 293 g/mol. The van der Waals surface area contributed by atoms with Crippen molar-refractivity contribution in [3.63, 3.8) is 0 Å². The van der Waals surface area contributed by atoms with Gasteiger partial charge in [-0.05, 0) is 24.3 Å². The second kappa shape index (κ2) is 5.53. The molecule has 0 atom stereocenters. The number of anilines is 2. The quantitative estimate of drug-likeness (QED) is 0.516. The zero-order chi connectivity index (χ0) is 15.6. The fourth-order valence-electron chi connectivity index (χ4n) is 1.63. The number of hydrogen-bond acceptors (Lipinski definition) is 4. The van der Waals surface area contributed by atoms with Gasteiger partial charge in [0, 0.05) is 17.7 Å². The molecule has 0 spiro atoms. The van der Waals surface area contributed by atoms with Crippen LogP contribution in [0.2, 0.25) is 0 Å². The number of carbonyl (C=O) groups is 1. The number of nitrogens with two attached hydrogens (primary N) is 1. The molecule has 0 saturated carbocycles. The summed E-state index contributed by atoms with van der Waals surface area (Å²) in [6.07, 6.45) is 0. The van der Waals surface area contributed by atoms with E-state index in [1.807, 2.05) is 0 Å². The van der Waals surface area contributed by atoms with E-state index in [0.717, 1.165) is 18.2 Å². The fourth-order valence-corrected chi connectivity index (χ4v) is 1.63. The molecule has 1 amide bonds. The number of halogens is 2. The molecule has 0 aromatic heterocycles. The lowest BCUT2D eigenvalue weighted by molar-refractivity contribution is -0.383. The summed E-state index contributed by atoms with van der Waals surface area (Å²) >= 11 is 0. The van der Waals surface area contributed by atoms with Gasteiger partial charge in [-0.15, -0.1) is 0 Å². The summed E-state index contributed by atoms with van der Waals surface area (Å²) in [6, 6.07) is 6.08. The van der Waals surface area contributed by atoms with Crippen molar-refractivity contribution in [1.29, 1.82) is 0 Å². The molecule has 0 aliphatic rings. The fraction of sp³-hybridized carbons (Fsp3) is 0. The van der Waals surface area contributed by atoms with Crippen LogP contribution in [0.4, 0.5) is 25.8 Å². The van der Waals surface area contributed by atoms with E-state index >= 15 is 0 Å². The number of nitro benzene ring substituents is 1. The van der Waals surface area contributed by atoms with Crippen molar-refractivity contribution in [1.82, 2.24) is 0 Å². The topological polar surface area (TPSA) is 98.3 Å². The number of rotatable bonds is 3. The molecule has 108 valence electrons. The normalized spacial score (nSPS) is 10.2. The van der Waals surface area contributed by atoms with Gasteiger partial charge in [0.05, 0.1) is 10.6 Å². The van der Waals surface area contributed by atoms with E-state index in [2.05, 4.69) is 5.32 Å². The maximum Gasteiger partial charge on any atom is 0.292 e. The Kier molecular flexibility index (Phi) is 3.79. The first-order valence-corrected chi connectivity index (χ1v) is 5.69. The highest BCUT2D eigenvalue weighted by molar-refractivity contribution is 6.05. The predicted octanol–water partition coefficient (Wildman–Crippen LogP) is 2.71. The van der Waals surface area contributed by atoms with E-state index in [4.69, 9.17) is 5.73 Å². The first-order valence-electron chi connectivity index (χ1n) is 5.69. The third-order valence-electron chi connectivity index (χ3n) is 2.67. The van der Waals surface area contributed by atoms with Crippen LogP contribution in [0.1, 0.15) is 10.4 Å². The van der Waals surface area contributed by atoms with Gasteiger partial charge < -0.3 is 11.1 Å². The Balaban J connectivity index is 2.28. The molecule has 2 aromatic rings. The van der Waals surface area contributed by atoms with E-state index in [1.54, 1.807) is 0 Å². The number of carbonyl (C=O) groups excluding carboxylic acids is 1. The minimum Gasteiger partial charge on any atom is -0.393 e. The van der Waals surface area contributed by atoms with Gasteiger partial charge in [-0.3, -0.25) is 14.9 Å². The Labute approximate surface area is 117 Å². The second-order valence-corrected chi connectivity index (χ2v) is 4.11. The molecule has 0 aliphatic heterocycles. The number of nitro groups is 1. The molecule has 8 heteroatoms. The van der Waals surface area contributed by atoms with E-state index in [-0.39, 0.29) is 16.9 Å². The zero-order valence-corrected chi connectivity index (χ0v) is 10.5. The third-order valence-corrected chi connectivity index (χ3v) is 2.67. The van der Waals surface area contributed by atoms with Crippen LogP contribution in [-0.4, -0.2) is 10.8 Å². The number of nitrogens with zero attached hydrogens (tertiary/aromatic N) is 1. The summed E-state index contributed by atoms with van der Waals surface area (Å²) in [7, 11) is 0. The first-order chi connectivity index (χ1) is 9.88. The minimum atomic E-state index is -0.951. The maximum absolute atomic E-state index is 13.4. The lowest BCUT2D eigenvalue weighted by Crippen LogP contribution is -2.13. The monoisotopic (exact) mass is 293 g/mol. The number of nitrogens with one attached hydrogen (secondary N) is 1. The van der Waals surface area contributed by atoms with E-state index in [1.165, 1.54) is 12.1 Å². The van der Waals surface area contributed by atoms with Crippen LogP contribution in [0.5, 0.6) is 0 Å². The van der Waals surface area contributed by atoms with Crippen molar-refractivity contribution in [2.75, 3.05) is 11.1 Å². The van der Waals surface area contributed by atoms with E-state index in [0.29, 0.717) is 6.07 Å². The van der Waals surface area contributed by atoms with Crippen molar-refractivity contribution in [3.05, 3.63) is 63.7 Å². The van der Waals surface area contributed by atoms with Gasteiger partial charge in [0.25, 0.3) is 11.6 Å². The summed E-state index contributed by atoms with van der Waals surface area (Å²) in [4.78, 5) is 21.9. The van der Waals surface area contributed by atoms with Gasteiger partial charge in [-0.2, -0.15) is 0 Å². The SMILES string of the molecule is Nc1ccc(C(=O)Nc2ccc(F)cc2F)cc1[N+](=O)[O-]. The van der Waals surface area contributed by atoms with Gasteiger partial charge in [-0.25, -0.2) is 8.78 Å². The highest BCUT2D eigenvalue weighted by Crippen LogP contribution is 2.23. The molecule has 21 heavy (non-hydrogen) atoms. The molecule has 0 saturated heterocycles. The Hall–Kier alpha value is -3.03. The predicted molar refractivity (Wildman–Crippen MR) is 71.8 cm³/mol. The Bertz CT molecular complexity index is 735. The molecular weight excluding hydrogens is 284 g/mol. The average Bonchev–Trinajstić information content (AvgIpc) is 2.42. The van der Waals surface area contributed by atoms with Crippen LogP contribution in [0.15, 0.2) is 36.4 Å². The van der Waals surface area contributed by atoms with Crippen LogP contribution < -0.4 is 11.1 Å². The van der Waals surface area contributed by atoms with Gasteiger partial charge >= 0.3 is 0 Å². The summed E-state index contributed by atoms with van der Waals surface area (Å²) in [6.45, 7) is 0. The Morgan fingerprint density at radius 2 is 1.90 bits per heavy atom. The first kappa shape index (κ1) is 14.4. The molecule has 0 unspecified atom stereocenters. The van der Waals surface area contributed by atoms with Crippen molar-refractivity contribution < 1.29 is 18.5 Å². The van der Waals surface area contributed by atoms with Gasteiger partial charge in [0.15, 0.2) is 0 Å². The molecule has 0 heterocycles. The van der Waals surface area contributed by atoms with E-state index in [9.17, 15) is 23.7 Å². The molecule has 2 rings (SSSR count). The van der Waals surface area contributed by atoms with Crippen molar-refractivity contribution in [2.24, 2.45) is 0 Å². The molecular formula is C13H9F2N3O3. The highest BCUT2D eigenvalue weighted by Gasteiger charge is 2.16. The van der Waals surface area contributed by atoms with Gasteiger partial charge in [-0.1, -0.05) is 0 Å². The van der Waals surface area contributed by atoms with E-state index < -0.39 is 28.2 Å². The number of nitrogen functional groups attached to an aromatic ring is 1. The Morgan fingerprint density at radius 3 is 2.52 bits per heavy atom. The summed E-state index contributed by atoms with van der Waals surface area (Å²) < 4.78 is 26.2. The molecule has 3 N–H and O–H groups in total. The van der Waals surface area contributed by atoms with Crippen LogP contribution in [-0.2, 0) is 0 Å². The molecule has 0 bridgehead atoms. The van der Waals surface area contributed by atoms with Crippen LogP contribution >= 0.6 is 0 Å². The summed E-state index contributed by atoms with van der Waals surface area (Å²) in [5.41, 5.74) is 4.58. The highest BCUT2D eigenvalue weighted by atomic mass is 19.1. The molecule has 0 aliphatic carbocycles. The van der Waals surface area contributed by atoms with Crippen LogP contribution in [0, 0.1) is 21.7 Å². The smallest absolute Gasteiger partial charge is 0.292 e. The number of benzene rings is 2. The van der Waals surface area contributed by atoms with Crippen molar-refractivity contribution >= 4 is 23.0 Å². The largest absolute Gasteiger partial charge is 0.393 e. The maximum atomic E-state index is 13.4. The van der Waals surface area contributed by atoms with Crippen LogP contribution in [0.3, 0.4) is 0 Å². The van der Waals surface area contributed by atoms with Crippen molar-refractivity contribution in [3.8, 4) is 0 Å². The number of amides is 1. The lowest BCUT2D eigenvalue weighted by atomic mass is 10.1. The molecule has 0 radical (unpaired) electrons. The van der Waals surface area contributed by atoms with Crippen LogP contribution in [0.25, 0.3) is 0 Å². The minimum absolute atomic E-state index is 0.0698. The second-order valence-electron chi connectivity index (χ2n) is 4.11. The standard InChI is InChI=1S/C13H9F2N3O3/c14-8-2-4-11(9(15)6-8)17-13(19)7-1-3-10(16)12(5-7)18(20)21/h1-6H,16H2,(H,17,19). The molecule has 0 fully saturated rings. The third kappa shape index (κ3) is 3.11.